The lowest BCUT2D eigenvalue weighted by molar-refractivity contribution is 0.590. The maximum absolute atomic E-state index is 6.07. The number of rotatable bonds is 3. The zero-order valence-electron chi connectivity index (χ0n) is 15.9. The van der Waals surface area contributed by atoms with Crippen molar-refractivity contribution in [3.63, 3.8) is 0 Å². The Labute approximate surface area is 165 Å². The lowest BCUT2D eigenvalue weighted by Crippen LogP contribution is -2.11. The highest BCUT2D eigenvalue weighted by Crippen LogP contribution is 2.28. The number of imidazole rings is 1. The molecule has 1 aromatic heterocycles. The molecular weight excluding hydrogens is 352 g/mol. The molecule has 0 aliphatic carbocycles. The summed E-state index contributed by atoms with van der Waals surface area (Å²) in [5.41, 5.74) is 5.99. The molecule has 0 fully saturated rings. The summed E-state index contributed by atoms with van der Waals surface area (Å²) in [5.74, 6) is 0.966. The van der Waals surface area contributed by atoms with Gasteiger partial charge in [0.05, 0.1) is 11.0 Å². The highest BCUT2D eigenvalue weighted by atomic mass is 35.5. The van der Waals surface area contributed by atoms with E-state index in [1.54, 1.807) is 0 Å². The Kier molecular flexibility index (Phi) is 4.53. The van der Waals surface area contributed by atoms with Gasteiger partial charge in [-0.3, -0.25) is 0 Å². The van der Waals surface area contributed by atoms with Crippen LogP contribution in [-0.4, -0.2) is 9.55 Å². The fraction of sp³-hybridized carbons (Fsp3) is 0.208. The van der Waals surface area contributed by atoms with Gasteiger partial charge in [0.25, 0.3) is 0 Å². The summed E-state index contributed by atoms with van der Waals surface area (Å²) in [5, 5.41) is 0.735. The van der Waals surface area contributed by atoms with Crippen LogP contribution in [0.4, 0.5) is 0 Å². The van der Waals surface area contributed by atoms with Crippen LogP contribution in [0.15, 0.2) is 72.8 Å². The van der Waals surface area contributed by atoms with Crippen molar-refractivity contribution in [1.82, 2.24) is 9.55 Å². The van der Waals surface area contributed by atoms with E-state index in [1.165, 1.54) is 11.1 Å². The standard InChI is InChI=1S/C24H23ClN2/c1-24(2,3)19-12-8-17(9-13-19)16-27-22-7-5-4-6-21(22)26-23(27)18-10-14-20(25)15-11-18/h4-15H,16H2,1-3H3. The minimum atomic E-state index is 0.161. The smallest absolute Gasteiger partial charge is 0.141 e. The predicted molar refractivity (Wildman–Crippen MR) is 114 cm³/mol. The first kappa shape index (κ1) is 17.8. The lowest BCUT2D eigenvalue weighted by atomic mass is 9.87. The average molecular weight is 375 g/mol. The number of hydrogen-bond donors (Lipinski definition) is 0. The molecule has 4 aromatic rings. The first-order valence-corrected chi connectivity index (χ1v) is 9.60. The van der Waals surface area contributed by atoms with Gasteiger partial charge in [-0.25, -0.2) is 4.98 Å². The Bertz CT molecular complexity index is 1070. The van der Waals surface area contributed by atoms with E-state index in [0.29, 0.717) is 0 Å². The van der Waals surface area contributed by atoms with E-state index in [2.05, 4.69) is 67.8 Å². The van der Waals surface area contributed by atoms with Crippen LogP contribution in [0.25, 0.3) is 22.4 Å². The van der Waals surface area contributed by atoms with Crippen LogP contribution in [0, 0.1) is 0 Å². The summed E-state index contributed by atoms with van der Waals surface area (Å²) in [6.07, 6.45) is 0. The number of nitrogens with zero attached hydrogens (tertiary/aromatic N) is 2. The molecule has 0 unspecified atom stereocenters. The van der Waals surface area contributed by atoms with Gasteiger partial charge in [-0.05, 0) is 52.9 Å². The van der Waals surface area contributed by atoms with Crippen molar-refractivity contribution in [3.8, 4) is 11.4 Å². The van der Waals surface area contributed by atoms with Crippen LogP contribution in [0.1, 0.15) is 31.9 Å². The van der Waals surface area contributed by atoms with Gasteiger partial charge in [-0.2, -0.15) is 0 Å². The monoisotopic (exact) mass is 374 g/mol. The molecule has 4 rings (SSSR count). The fourth-order valence-corrected chi connectivity index (χ4v) is 3.47. The Morgan fingerprint density at radius 2 is 1.52 bits per heavy atom. The van der Waals surface area contributed by atoms with Gasteiger partial charge in [0.2, 0.25) is 0 Å². The number of aromatic nitrogens is 2. The Morgan fingerprint density at radius 1 is 0.852 bits per heavy atom. The molecule has 1 heterocycles. The number of benzene rings is 3. The number of hydrogen-bond acceptors (Lipinski definition) is 1. The van der Waals surface area contributed by atoms with Crippen LogP contribution in [0.3, 0.4) is 0 Å². The van der Waals surface area contributed by atoms with Gasteiger partial charge in [0.1, 0.15) is 5.82 Å². The van der Waals surface area contributed by atoms with Crippen molar-refractivity contribution in [3.05, 3.63) is 88.9 Å². The number of para-hydroxylation sites is 2. The van der Waals surface area contributed by atoms with E-state index < -0.39 is 0 Å². The van der Waals surface area contributed by atoms with Crippen molar-refractivity contribution in [1.29, 1.82) is 0 Å². The first-order chi connectivity index (χ1) is 12.9. The summed E-state index contributed by atoms with van der Waals surface area (Å²) >= 11 is 6.07. The molecule has 0 spiro atoms. The molecule has 0 radical (unpaired) electrons. The molecule has 0 bridgehead atoms. The third kappa shape index (κ3) is 3.63. The Balaban J connectivity index is 1.78. The van der Waals surface area contributed by atoms with Crippen LogP contribution >= 0.6 is 11.6 Å². The SMILES string of the molecule is CC(C)(C)c1ccc(Cn2c(-c3ccc(Cl)cc3)nc3ccccc32)cc1. The highest BCUT2D eigenvalue weighted by Gasteiger charge is 2.15. The minimum Gasteiger partial charge on any atom is -0.319 e. The quantitative estimate of drug-likeness (QED) is 0.390. The summed E-state index contributed by atoms with van der Waals surface area (Å²) in [6, 6.07) is 25.1. The molecule has 3 aromatic carbocycles. The van der Waals surface area contributed by atoms with Crippen molar-refractivity contribution in [2.45, 2.75) is 32.7 Å². The van der Waals surface area contributed by atoms with Crippen LogP contribution < -0.4 is 0 Å². The van der Waals surface area contributed by atoms with Crippen LogP contribution in [0.5, 0.6) is 0 Å². The molecule has 3 heteroatoms. The Hall–Kier alpha value is -2.58. The van der Waals surface area contributed by atoms with Crippen molar-refractivity contribution >= 4 is 22.6 Å². The maximum atomic E-state index is 6.07. The van der Waals surface area contributed by atoms with E-state index in [9.17, 15) is 0 Å². The molecule has 0 aliphatic heterocycles. The minimum absolute atomic E-state index is 0.161. The maximum Gasteiger partial charge on any atom is 0.141 e. The van der Waals surface area contributed by atoms with Crippen molar-refractivity contribution < 1.29 is 0 Å². The second-order valence-corrected chi connectivity index (χ2v) is 8.40. The van der Waals surface area contributed by atoms with Crippen molar-refractivity contribution in [2.75, 3.05) is 0 Å². The lowest BCUT2D eigenvalue weighted by Gasteiger charge is -2.19. The van der Waals surface area contributed by atoms with E-state index >= 15 is 0 Å². The van der Waals surface area contributed by atoms with Gasteiger partial charge in [0, 0.05) is 17.1 Å². The normalized spacial score (nSPS) is 11.9. The largest absolute Gasteiger partial charge is 0.319 e. The Morgan fingerprint density at radius 3 is 2.19 bits per heavy atom. The van der Waals surface area contributed by atoms with Gasteiger partial charge < -0.3 is 4.57 Å². The molecule has 2 nitrogen and oxygen atoms in total. The number of halogens is 1. The molecule has 0 amide bonds. The average Bonchev–Trinajstić information content (AvgIpc) is 3.01. The highest BCUT2D eigenvalue weighted by molar-refractivity contribution is 6.30. The van der Waals surface area contributed by atoms with E-state index in [0.717, 1.165) is 34.0 Å². The first-order valence-electron chi connectivity index (χ1n) is 9.22. The fourth-order valence-electron chi connectivity index (χ4n) is 3.35. The summed E-state index contributed by atoms with van der Waals surface area (Å²) < 4.78 is 2.28. The second kappa shape index (κ2) is 6.86. The third-order valence-corrected chi connectivity index (χ3v) is 5.17. The van der Waals surface area contributed by atoms with Crippen LogP contribution in [-0.2, 0) is 12.0 Å². The number of fused-ring (bicyclic) bond motifs is 1. The molecule has 0 N–H and O–H groups in total. The zero-order valence-corrected chi connectivity index (χ0v) is 16.7. The summed E-state index contributed by atoms with van der Waals surface area (Å²) in [6.45, 7) is 7.50. The van der Waals surface area contributed by atoms with Gasteiger partial charge in [0.15, 0.2) is 0 Å². The molecular formula is C24H23ClN2. The third-order valence-electron chi connectivity index (χ3n) is 4.92. The van der Waals surface area contributed by atoms with E-state index in [4.69, 9.17) is 16.6 Å². The van der Waals surface area contributed by atoms with Crippen molar-refractivity contribution in [2.24, 2.45) is 0 Å². The topological polar surface area (TPSA) is 17.8 Å². The molecule has 0 aliphatic rings. The van der Waals surface area contributed by atoms with Gasteiger partial charge in [-0.1, -0.05) is 68.8 Å². The molecule has 27 heavy (non-hydrogen) atoms. The summed E-state index contributed by atoms with van der Waals surface area (Å²) in [7, 11) is 0. The van der Waals surface area contributed by atoms with Gasteiger partial charge >= 0.3 is 0 Å². The van der Waals surface area contributed by atoms with Crippen LogP contribution in [0.2, 0.25) is 5.02 Å². The molecule has 136 valence electrons. The van der Waals surface area contributed by atoms with E-state index in [-0.39, 0.29) is 5.41 Å². The predicted octanol–water partition coefficient (Wildman–Crippen LogP) is 6.70. The van der Waals surface area contributed by atoms with E-state index in [1.807, 2.05) is 30.3 Å². The molecule has 0 atom stereocenters. The van der Waals surface area contributed by atoms with Gasteiger partial charge in [-0.15, -0.1) is 0 Å². The zero-order chi connectivity index (χ0) is 19.0. The molecule has 0 saturated heterocycles. The molecule has 0 saturated carbocycles. The summed E-state index contributed by atoms with van der Waals surface area (Å²) in [4.78, 5) is 4.89. The second-order valence-electron chi connectivity index (χ2n) is 7.96.